The van der Waals surface area contributed by atoms with Crippen molar-refractivity contribution in [3.63, 3.8) is 0 Å². The number of rotatable bonds is 4. The molecule has 3 heteroatoms. The molecule has 0 amide bonds. The second-order valence-electron chi connectivity index (χ2n) is 3.76. The zero-order valence-corrected chi connectivity index (χ0v) is 11.2. The second-order valence-corrected chi connectivity index (χ2v) is 5.16. The predicted molar refractivity (Wildman–Crippen MR) is 69.4 cm³/mol. The highest BCUT2D eigenvalue weighted by atomic mass is 35.5. The van der Waals surface area contributed by atoms with Gasteiger partial charge in [-0.25, -0.2) is 0 Å². The number of hydrogen-bond acceptors (Lipinski definition) is 0. The van der Waals surface area contributed by atoms with Gasteiger partial charge in [-0.1, -0.05) is 43.5 Å². The van der Waals surface area contributed by atoms with Crippen LogP contribution in [0.4, 0.5) is 0 Å². The summed E-state index contributed by atoms with van der Waals surface area (Å²) >= 11 is 18.3. The third kappa shape index (κ3) is 3.55. The molecule has 0 aliphatic rings. The first-order valence-electron chi connectivity index (χ1n) is 5.15. The molecule has 2 unspecified atom stereocenters. The Hall–Kier alpha value is 0.0900. The standard InChI is InChI=1S/C12H15Cl3/c1-3-4-11(14)8(2)10-7-9(13)5-6-12(10)15/h5-8,11H,3-4H2,1-2H3. The van der Waals surface area contributed by atoms with E-state index in [2.05, 4.69) is 13.8 Å². The zero-order valence-electron chi connectivity index (χ0n) is 8.93. The lowest BCUT2D eigenvalue weighted by Gasteiger charge is -2.19. The van der Waals surface area contributed by atoms with Gasteiger partial charge < -0.3 is 0 Å². The van der Waals surface area contributed by atoms with Crippen molar-refractivity contribution in [2.75, 3.05) is 0 Å². The topological polar surface area (TPSA) is 0 Å². The Morgan fingerprint density at radius 1 is 1.27 bits per heavy atom. The van der Waals surface area contributed by atoms with Crippen LogP contribution in [0.1, 0.15) is 38.2 Å². The molecule has 84 valence electrons. The molecule has 1 aromatic carbocycles. The maximum absolute atomic E-state index is 6.29. The van der Waals surface area contributed by atoms with E-state index in [9.17, 15) is 0 Å². The molecule has 1 aromatic rings. The van der Waals surface area contributed by atoms with Gasteiger partial charge >= 0.3 is 0 Å². The Kier molecular flexibility index (Phi) is 5.25. The molecule has 0 heterocycles. The minimum Gasteiger partial charge on any atom is -0.122 e. The van der Waals surface area contributed by atoms with Gasteiger partial charge in [0.25, 0.3) is 0 Å². The molecule has 0 N–H and O–H groups in total. The smallest absolute Gasteiger partial charge is 0.0442 e. The van der Waals surface area contributed by atoms with Gasteiger partial charge in [-0.15, -0.1) is 11.6 Å². The molecule has 0 saturated heterocycles. The van der Waals surface area contributed by atoms with Crippen LogP contribution in [-0.2, 0) is 0 Å². The molecule has 0 spiro atoms. The Balaban J connectivity index is 2.89. The lowest BCUT2D eigenvalue weighted by atomic mass is 9.95. The summed E-state index contributed by atoms with van der Waals surface area (Å²) in [5.74, 6) is 0.234. The summed E-state index contributed by atoms with van der Waals surface area (Å²) in [5.41, 5.74) is 1.04. The lowest BCUT2D eigenvalue weighted by molar-refractivity contribution is 0.634. The zero-order chi connectivity index (χ0) is 11.4. The molecule has 2 atom stereocenters. The van der Waals surface area contributed by atoms with Crippen LogP contribution in [0.5, 0.6) is 0 Å². The Morgan fingerprint density at radius 2 is 1.93 bits per heavy atom. The van der Waals surface area contributed by atoms with Gasteiger partial charge in [0.2, 0.25) is 0 Å². The maximum atomic E-state index is 6.29. The summed E-state index contributed by atoms with van der Waals surface area (Å²) in [6.45, 7) is 4.21. The highest BCUT2D eigenvalue weighted by Crippen LogP contribution is 2.33. The van der Waals surface area contributed by atoms with E-state index in [1.54, 1.807) is 6.07 Å². The third-order valence-corrected chi connectivity index (χ3v) is 3.73. The predicted octanol–water partition coefficient (Wildman–Crippen LogP) is 5.50. The summed E-state index contributed by atoms with van der Waals surface area (Å²) in [6, 6.07) is 5.52. The fourth-order valence-corrected chi connectivity index (χ4v) is 2.41. The summed E-state index contributed by atoms with van der Waals surface area (Å²) in [5, 5.41) is 1.57. The Morgan fingerprint density at radius 3 is 2.53 bits per heavy atom. The lowest BCUT2D eigenvalue weighted by Crippen LogP contribution is -2.09. The first-order valence-corrected chi connectivity index (χ1v) is 6.34. The molecule has 0 aliphatic heterocycles. The van der Waals surface area contributed by atoms with E-state index in [1.807, 2.05) is 12.1 Å². The van der Waals surface area contributed by atoms with Gasteiger partial charge in [-0.3, -0.25) is 0 Å². The van der Waals surface area contributed by atoms with Gasteiger partial charge in [0.15, 0.2) is 0 Å². The fraction of sp³-hybridized carbons (Fsp3) is 0.500. The highest BCUT2D eigenvalue weighted by Gasteiger charge is 2.18. The van der Waals surface area contributed by atoms with Crippen LogP contribution in [0.15, 0.2) is 18.2 Å². The van der Waals surface area contributed by atoms with E-state index >= 15 is 0 Å². The first kappa shape index (κ1) is 13.2. The van der Waals surface area contributed by atoms with Crippen molar-refractivity contribution < 1.29 is 0 Å². The normalized spacial score (nSPS) is 15.0. The van der Waals surface area contributed by atoms with Crippen LogP contribution >= 0.6 is 34.8 Å². The van der Waals surface area contributed by atoms with Crippen molar-refractivity contribution in [2.45, 2.75) is 38.0 Å². The summed E-state index contributed by atoms with van der Waals surface area (Å²) in [6.07, 6.45) is 2.07. The van der Waals surface area contributed by atoms with Crippen molar-refractivity contribution in [1.29, 1.82) is 0 Å². The molecule has 0 fully saturated rings. The second kappa shape index (κ2) is 5.98. The van der Waals surface area contributed by atoms with Crippen LogP contribution in [-0.4, -0.2) is 5.38 Å². The molecule has 0 radical (unpaired) electrons. The Labute approximate surface area is 107 Å². The molecule has 0 aliphatic carbocycles. The van der Waals surface area contributed by atoms with Crippen LogP contribution in [0, 0.1) is 0 Å². The molecule has 15 heavy (non-hydrogen) atoms. The van der Waals surface area contributed by atoms with E-state index in [0.29, 0.717) is 5.02 Å². The van der Waals surface area contributed by atoms with E-state index in [0.717, 1.165) is 23.4 Å². The molecule has 0 aromatic heterocycles. The van der Waals surface area contributed by atoms with Crippen molar-refractivity contribution in [3.05, 3.63) is 33.8 Å². The molecular formula is C12H15Cl3. The minimum absolute atomic E-state index is 0.117. The molecule has 0 saturated carbocycles. The molecular weight excluding hydrogens is 250 g/mol. The highest BCUT2D eigenvalue weighted by molar-refractivity contribution is 6.33. The molecule has 0 bridgehead atoms. The fourth-order valence-electron chi connectivity index (χ4n) is 1.58. The summed E-state index contributed by atoms with van der Waals surface area (Å²) in [4.78, 5) is 0. The van der Waals surface area contributed by atoms with E-state index in [1.165, 1.54) is 0 Å². The number of halogens is 3. The number of hydrogen-bond donors (Lipinski definition) is 0. The summed E-state index contributed by atoms with van der Waals surface area (Å²) < 4.78 is 0. The van der Waals surface area contributed by atoms with Crippen LogP contribution in [0.25, 0.3) is 0 Å². The maximum Gasteiger partial charge on any atom is 0.0442 e. The first-order chi connectivity index (χ1) is 7.06. The van der Waals surface area contributed by atoms with E-state index in [-0.39, 0.29) is 11.3 Å². The third-order valence-electron chi connectivity index (χ3n) is 2.56. The van der Waals surface area contributed by atoms with Crippen molar-refractivity contribution in [3.8, 4) is 0 Å². The van der Waals surface area contributed by atoms with Crippen molar-refractivity contribution in [1.82, 2.24) is 0 Å². The van der Waals surface area contributed by atoms with Gasteiger partial charge in [-0.05, 0) is 36.1 Å². The van der Waals surface area contributed by atoms with Crippen molar-refractivity contribution in [2.24, 2.45) is 0 Å². The average Bonchev–Trinajstić information content (AvgIpc) is 2.21. The van der Waals surface area contributed by atoms with E-state index in [4.69, 9.17) is 34.8 Å². The quantitative estimate of drug-likeness (QED) is 0.630. The summed E-state index contributed by atoms with van der Waals surface area (Å²) in [7, 11) is 0. The van der Waals surface area contributed by atoms with Crippen LogP contribution in [0.3, 0.4) is 0 Å². The Bertz CT molecular complexity index is 323. The van der Waals surface area contributed by atoms with Crippen LogP contribution < -0.4 is 0 Å². The average molecular weight is 266 g/mol. The van der Waals surface area contributed by atoms with Gasteiger partial charge in [0, 0.05) is 15.4 Å². The van der Waals surface area contributed by atoms with E-state index < -0.39 is 0 Å². The molecule has 0 nitrogen and oxygen atoms in total. The van der Waals surface area contributed by atoms with Crippen LogP contribution in [0.2, 0.25) is 10.0 Å². The largest absolute Gasteiger partial charge is 0.122 e. The van der Waals surface area contributed by atoms with Gasteiger partial charge in [-0.2, -0.15) is 0 Å². The molecule has 1 rings (SSSR count). The van der Waals surface area contributed by atoms with Gasteiger partial charge in [0.05, 0.1) is 0 Å². The van der Waals surface area contributed by atoms with Gasteiger partial charge in [0.1, 0.15) is 0 Å². The minimum atomic E-state index is 0.117. The van der Waals surface area contributed by atoms with Crippen molar-refractivity contribution >= 4 is 34.8 Å². The number of alkyl halides is 1. The number of benzene rings is 1. The SMILES string of the molecule is CCCC(Cl)C(C)c1cc(Cl)ccc1Cl. The monoisotopic (exact) mass is 264 g/mol.